The number of rotatable bonds is 3. The number of para-hydroxylation sites is 1. The Balaban J connectivity index is 2.47. The molecule has 2 aromatic rings. The number of hydrazone groups is 1. The summed E-state index contributed by atoms with van der Waals surface area (Å²) in [7, 11) is 0. The van der Waals surface area contributed by atoms with Crippen molar-refractivity contribution in [2.75, 3.05) is 5.01 Å². The fraction of sp³-hybridized carbons (Fsp3) is 0.0667. The number of amides is 1. The molecule has 5 heteroatoms. The first-order valence-corrected chi connectivity index (χ1v) is 6.14. The highest BCUT2D eigenvalue weighted by Gasteiger charge is 2.18. The minimum absolute atomic E-state index is 0.169. The van der Waals surface area contributed by atoms with Gasteiger partial charge in [0.25, 0.3) is 5.91 Å². The minimum atomic E-state index is -0.284. The molecule has 0 bridgehead atoms. The Morgan fingerprint density at radius 2 is 1.60 bits per heavy atom. The van der Waals surface area contributed by atoms with Gasteiger partial charge in [-0.3, -0.25) is 4.79 Å². The van der Waals surface area contributed by atoms with Gasteiger partial charge in [0, 0.05) is 5.56 Å². The second-order valence-electron chi connectivity index (χ2n) is 4.29. The molecule has 4 N–H and O–H groups in total. The van der Waals surface area contributed by atoms with E-state index in [2.05, 4.69) is 5.10 Å². The molecule has 0 radical (unpaired) electrons. The van der Waals surface area contributed by atoms with E-state index in [0.717, 1.165) is 5.56 Å². The summed E-state index contributed by atoms with van der Waals surface area (Å²) in [5, 5.41) is 5.16. The maximum absolute atomic E-state index is 12.5. The number of aryl methyl sites for hydroxylation is 1. The van der Waals surface area contributed by atoms with Gasteiger partial charge in [-0.25, -0.2) is 0 Å². The number of hydrogen-bond acceptors (Lipinski definition) is 2. The zero-order valence-corrected chi connectivity index (χ0v) is 11.2. The lowest BCUT2D eigenvalue weighted by molar-refractivity contribution is 0.0987. The van der Waals surface area contributed by atoms with Crippen LogP contribution in [0.4, 0.5) is 5.69 Å². The van der Waals surface area contributed by atoms with Crippen molar-refractivity contribution in [3.8, 4) is 0 Å². The van der Waals surface area contributed by atoms with Crippen LogP contribution in [-0.4, -0.2) is 11.9 Å². The van der Waals surface area contributed by atoms with Crippen molar-refractivity contribution in [3.63, 3.8) is 0 Å². The number of carbonyl (C=O) groups excluding carboxylic acids is 1. The van der Waals surface area contributed by atoms with E-state index in [9.17, 15) is 4.79 Å². The number of benzene rings is 2. The molecule has 2 aromatic carbocycles. The van der Waals surface area contributed by atoms with Crippen LogP contribution in [0.2, 0.25) is 0 Å². The maximum Gasteiger partial charge on any atom is 0.278 e. The highest BCUT2D eigenvalue weighted by atomic mass is 16.2. The fourth-order valence-electron chi connectivity index (χ4n) is 1.83. The number of carbonyl (C=O) groups is 1. The van der Waals surface area contributed by atoms with Gasteiger partial charge in [0.05, 0.1) is 5.69 Å². The van der Waals surface area contributed by atoms with E-state index in [0.29, 0.717) is 11.3 Å². The molecule has 0 heterocycles. The average Bonchev–Trinajstić information content (AvgIpc) is 2.46. The van der Waals surface area contributed by atoms with E-state index in [4.69, 9.17) is 11.5 Å². The predicted molar refractivity (Wildman–Crippen MR) is 80.2 cm³/mol. The van der Waals surface area contributed by atoms with Gasteiger partial charge in [0.2, 0.25) is 5.96 Å². The van der Waals surface area contributed by atoms with Gasteiger partial charge in [-0.05, 0) is 30.7 Å². The molecule has 0 saturated heterocycles. The largest absolute Gasteiger partial charge is 0.369 e. The number of anilines is 1. The first kappa shape index (κ1) is 13.6. The van der Waals surface area contributed by atoms with Gasteiger partial charge >= 0.3 is 0 Å². The van der Waals surface area contributed by atoms with Crippen molar-refractivity contribution >= 4 is 17.6 Å². The average molecular weight is 268 g/mol. The van der Waals surface area contributed by atoms with Crippen molar-refractivity contribution in [2.45, 2.75) is 6.92 Å². The van der Waals surface area contributed by atoms with E-state index in [-0.39, 0.29) is 11.9 Å². The molecule has 0 aliphatic heterocycles. The SMILES string of the molecule is Cc1ccccc1N(N=C(N)N)C(=O)c1ccccc1. The standard InChI is InChI=1S/C15H16N4O/c1-11-7-5-6-10-13(11)19(18-15(16)17)14(20)12-8-3-2-4-9-12/h2-10H,1H3,(H4,16,17,18). The monoisotopic (exact) mass is 268 g/mol. The summed E-state index contributed by atoms with van der Waals surface area (Å²) in [5.74, 6) is -0.453. The van der Waals surface area contributed by atoms with Crippen molar-refractivity contribution < 1.29 is 4.79 Å². The van der Waals surface area contributed by atoms with Crippen LogP contribution in [0.15, 0.2) is 59.7 Å². The summed E-state index contributed by atoms with van der Waals surface area (Å²) in [5.41, 5.74) is 12.9. The van der Waals surface area contributed by atoms with Crippen LogP contribution in [-0.2, 0) is 0 Å². The molecule has 0 fully saturated rings. The van der Waals surface area contributed by atoms with Gasteiger partial charge in [-0.2, -0.15) is 5.01 Å². The summed E-state index contributed by atoms with van der Waals surface area (Å²) in [6.45, 7) is 1.89. The van der Waals surface area contributed by atoms with Gasteiger partial charge in [-0.1, -0.05) is 36.4 Å². The normalized spacial score (nSPS) is 9.85. The third-order valence-electron chi connectivity index (χ3n) is 2.77. The molecule has 102 valence electrons. The number of nitrogens with two attached hydrogens (primary N) is 2. The van der Waals surface area contributed by atoms with Crippen molar-refractivity contribution in [1.29, 1.82) is 0 Å². The Hall–Kier alpha value is -2.82. The Bertz CT molecular complexity index is 633. The molecule has 0 aliphatic rings. The molecular formula is C15H16N4O. The summed E-state index contributed by atoms with van der Waals surface area (Å²) in [6.07, 6.45) is 0. The van der Waals surface area contributed by atoms with E-state index in [1.165, 1.54) is 5.01 Å². The lowest BCUT2D eigenvalue weighted by atomic mass is 10.1. The van der Waals surface area contributed by atoms with Crippen LogP contribution in [0.25, 0.3) is 0 Å². The Kier molecular flexibility index (Phi) is 4.00. The lowest BCUT2D eigenvalue weighted by Crippen LogP contribution is -2.33. The van der Waals surface area contributed by atoms with Crippen LogP contribution in [0, 0.1) is 6.92 Å². The van der Waals surface area contributed by atoms with Crippen LogP contribution in [0.1, 0.15) is 15.9 Å². The summed E-state index contributed by atoms with van der Waals surface area (Å²) >= 11 is 0. The van der Waals surface area contributed by atoms with Crippen LogP contribution < -0.4 is 16.5 Å². The van der Waals surface area contributed by atoms with E-state index in [1.807, 2.05) is 31.2 Å². The zero-order chi connectivity index (χ0) is 14.5. The van der Waals surface area contributed by atoms with E-state index in [1.54, 1.807) is 30.3 Å². The third kappa shape index (κ3) is 2.95. The first-order chi connectivity index (χ1) is 9.59. The van der Waals surface area contributed by atoms with Crippen molar-refractivity contribution in [3.05, 3.63) is 65.7 Å². The van der Waals surface area contributed by atoms with Gasteiger partial charge in [0.15, 0.2) is 0 Å². The predicted octanol–water partition coefficient (Wildman–Crippen LogP) is 1.83. The fourth-order valence-corrected chi connectivity index (χ4v) is 1.83. The topological polar surface area (TPSA) is 84.7 Å². The summed E-state index contributed by atoms with van der Waals surface area (Å²) in [6, 6.07) is 16.3. The Morgan fingerprint density at radius 1 is 1.00 bits per heavy atom. The molecule has 0 aromatic heterocycles. The summed E-state index contributed by atoms with van der Waals surface area (Å²) < 4.78 is 0. The maximum atomic E-state index is 12.5. The van der Waals surface area contributed by atoms with Crippen molar-refractivity contribution in [2.24, 2.45) is 16.6 Å². The number of nitrogens with zero attached hydrogens (tertiary/aromatic N) is 2. The number of guanidine groups is 1. The van der Waals surface area contributed by atoms with Gasteiger partial charge < -0.3 is 11.5 Å². The van der Waals surface area contributed by atoms with E-state index >= 15 is 0 Å². The molecule has 0 aliphatic carbocycles. The molecule has 1 amide bonds. The lowest BCUT2D eigenvalue weighted by Gasteiger charge is -2.19. The molecule has 5 nitrogen and oxygen atoms in total. The molecule has 0 spiro atoms. The highest BCUT2D eigenvalue weighted by molar-refractivity contribution is 6.07. The Morgan fingerprint density at radius 3 is 2.20 bits per heavy atom. The molecule has 0 unspecified atom stereocenters. The minimum Gasteiger partial charge on any atom is -0.369 e. The quantitative estimate of drug-likeness (QED) is 0.506. The second-order valence-corrected chi connectivity index (χ2v) is 4.29. The zero-order valence-electron chi connectivity index (χ0n) is 11.2. The molecule has 2 rings (SSSR count). The highest BCUT2D eigenvalue weighted by Crippen LogP contribution is 2.21. The molecule has 0 saturated carbocycles. The van der Waals surface area contributed by atoms with Gasteiger partial charge in [0.1, 0.15) is 0 Å². The second kappa shape index (κ2) is 5.88. The van der Waals surface area contributed by atoms with Crippen LogP contribution in [0.5, 0.6) is 0 Å². The summed E-state index contributed by atoms with van der Waals surface area (Å²) in [4.78, 5) is 12.5. The first-order valence-electron chi connectivity index (χ1n) is 6.14. The van der Waals surface area contributed by atoms with Crippen molar-refractivity contribution in [1.82, 2.24) is 0 Å². The molecule has 20 heavy (non-hydrogen) atoms. The van der Waals surface area contributed by atoms with E-state index < -0.39 is 0 Å². The number of hydrogen-bond donors (Lipinski definition) is 2. The molecular weight excluding hydrogens is 252 g/mol. The Labute approximate surface area is 117 Å². The van der Waals surface area contributed by atoms with Crippen LogP contribution >= 0.6 is 0 Å². The third-order valence-corrected chi connectivity index (χ3v) is 2.77. The molecule has 0 atom stereocenters. The van der Waals surface area contributed by atoms with Gasteiger partial charge in [-0.15, -0.1) is 5.10 Å². The van der Waals surface area contributed by atoms with Crippen LogP contribution in [0.3, 0.4) is 0 Å². The smallest absolute Gasteiger partial charge is 0.278 e.